The van der Waals surface area contributed by atoms with Gasteiger partial charge >= 0.3 is 0 Å². The van der Waals surface area contributed by atoms with E-state index in [0.717, 1.165) is 12.8 Å². The highest BCUT2D eigenvalue weighted by atomic mass is 16.5. The quantitative estimate of drug-likeness (QED) is 0.802. The maximum atomic E-state index is 12.3. The van der Waals surface area contributed by atoms with Crippen LogP contribution in [0.1, 0.15) is 39.0 Å². The molecular weight excluding hydrogens is 308 g/mol. The van der Waals surface area contributed by atoms with Crippen LogP contribution in [0.3, 0.4) is 0 Å². The lowest BCUT2D eigenvalue weighted by atomic mass is 9.81. The molecule has 2 atom stereocenters. The second-order valence-corrected chi connectivity index (χ2v) is 6.51. The summed E-state index contributed by atoms with van der Waals surface area (Å²) in [5.74, 6) is 1.44. The van der Waals surface area contributed by atoms with Crippen molar-refractivity contribution in [1.29, 1.82) is 0 Å². The molecule has 24 heavy (non-hydrogen) atoms. The van der Waals surface area contributed by atoms with Crippen LogP contribution in [0.5, 0.6) is 11.5 Å². The molecule has 0 aromatic heterocycles. The van der Waals surface area contributed by atoms with E-state index in [4.69, 9.17) is 15.2 Å². The Kier molecular flexibility index (Phi) is 6.46. The van der Waals surface area contributed by atoms with Gasteiger partial charge in [-0.05, 0) is 36.8 Å². The van der Waals surface area contributed by atoms with Crippen molar-refractivity contribution >= 4 is 17.5 Å². The predicted octanol–water partition coefficient (Wildman–Crippen LogP) is 2.71. The Bertz CT molecular complexity index is 588. The van der Waals surface area contributed by atoms with E-state index in [1.54, 1.807) is 18.2 Å². The van der Waals surface area contributed by atoms with Crippen molar-refractivity contribution in [2.75, 3.05) is 19.0 Å². The maximum Gasteiger partial charge on any atom is 0.255 e. The number of primary amides is 1. The highest BCUT2D eigenvalue weighted by Gasteiger charge is 2.21. The Labute approximate surface area is 142 Å². The minimum absolute atomic E-state index is 0.000109. The third-order valence-corrected chi connectivity index (χ3v) is 4.34. The number of carbonyl (C=O) groups excluding carboxylic acids is 2. The first-order valence-corrected chi connectivity index (χ1v) is 8.37. The molecule has 1 aromatic rings. The lowest BCUT2D eigenvalue weighted by molar-refractivity contribution is -0.120. The van der Waals surface area contributed by atoms with Gasteiger partial charge in [-0.25, -0.2) is 0 Å². The van der Waals surface area contributed by atoms with E-state index in [1.165, 1.54) is 20.0 Å². The van der Waals surface area contributed by atoms with Gasteiger partial charge in [0.05, 0.1) is 7.11 Å². The standard InChI is InChI=1S/C18H26N2O4/c1-12-4-3-5-13(8-12)9-18(22)20-14-6-7-15(23-2)16(10-14)24-11-17(19)21/h6-7,10,12-13H,3-5,8-9,11H2,1-2H3,(H2,19,21)(H,20,22)/t12-,13-/m0/s1. The molecule has 2 rings (SSSR count). The summed E-state index contributed by atoms with van der Waals surface area (Å²) in [6, 6.07) is 5.08. The Balaban J connectivity index is 1.96. The molecule has 1 aliphatic rings. The smallest absolute Gasteiger partial charge is 0.255 e. The number of rotatable bonds is 7. The molecule has 1 aliphatic carbocycles. The van der Waals surface area contributed by atoms with E-state index in [2.05, 4.69) is 12.2 Å². The third kappa shape index (κ3) is 5.44. The summed E-state index contributed by atoms with van der Waals surface area (Å²) in [6.45, 7) is 2.00. The van der Waals surface area contributed by atoms with E-state index >= 15 is 0 Å². The van der Waals surface area contributed by atoms with E-state index in [9.17, 15) is 9.59 Å². The van der Waals surface area contributed by atoms with Crippen molar-refractivity contribution in [3.05, 3.63) is 18.2 Å². The summed E-state index contributed by atoms with van der Waals surface area (Å²) in [5.41, 5.74) is 5.71. The van der Waals surface area contributed by atoms with Crippen LogP contribution in [0.2, 0.25) is 0 Å². The molecule has 1 saturated carbocycles. The minimum atomic E-state index is -0.571. The topological polar surface area (TPSA) is 90.7 Å². The third-order valence-electron chi connectivity index (χ3n) is 4.34. The molecule has 1 fully saturated rings. The molecule has 0 saturated heterocycles. The zero-order valence-corrected chi connectivity index (χ0v) is 14.3. The van der Waals surface area contributed by atoms with Gasteiger partial charge in [-0.2, -0.15) is 0 Å². The number of hydrogen-bond acceptors (Lipinski definition) is 4. The molecule has 0 unspecified atom stereocenters. The number of methoxy groups -OCH3 is 1. The lowest BCUT2D eigenvalue weighted by Gasteiger charge is -2.26. The fraction of sp³-hybridized carbons (Fsp3) is 0.556. The van der Waals surface area contributed by atoms with Crippen molar-refractivity contribution in [2.24, 2.45) is 17.6 Å². The fourth-order valence-electron chi connectivity index (χ4n) is 3.24. The molecule has 1 aromatic carbocycles. The van der Waals surface area contributed by atoms with Gasteiger partial charge in [-0.15, -0.1) is 0 Å². The van der Waals surface area contributed by atoms with Crippen LogP contribution < -0.4 is 20.5 Å². The normalized spacial score (nSPS) is 20.2. The molecular formula is C18H26N2O4. The van der Waals surface area contributed by atoms with Gasteiger partial charge in [0.15, 0.2) is 18.1 Å². The van der Waals surface area contributed by atoms with Gasteiger partial charge < -0.3 is 20.5 Å². The number of benzene rings is 1. The van der Waals surface area contributed by atoms with Crippen LogP contribution in [-0.4, -0.2) is 25.5 Å². The lowest BCUT2D eigenvalue weighted by Crippen LogP contribution is -2.21. The molecule has 6 nitrogen and oxygen atoms in total. The number of ether oxygens (including phenoxy) is 2. The summed E-state index contributed by atoms with van der Waals surface area (Å²) in [4.78, 5) is 23.1. The number of nitrogens with two attached hydrogens (primary N) is 1. The van der Waals surface area contributed by atoms with Crippen molar-refractivity contribution in [2.45, 2.75) is 39.0 Å². The van der Waals surface area contributed by atoms with Crippen LogP contribution in [0.15, 0.2) is 18.2 Å². The van der Waals surface area contributed by atoms with Gasteiger partial charge in [0.1, 0.15) is 0 Å². The number of amides is 2. The zero-order valence-electron chi connectivity index (χ0n) is 14.3. The monoisotopic (exact) mass is 334 g/mol. The Morgan fingerprint density at radius 2 is 2.08 bits per heavy atom. The average molecular weight is 334 g/mol. The van der Waals surface area contributed by atoms with Gasteiger partial charge in [0, 0.05) is 18.2 Å². The van der Waals surface area contributed by atoms with Crippen molar-refractivity contribution in [1.82, 2.24) is 0 Å². The summed E-state index contributed by atoms with van der Waals surface area (Å²) in [5, 5.41) is 2.89. The van der Waals surface area contributed by atoms with Crippen LogP contribution in [0.4, 0.5) is 5.69 Å². The van der Waals surface area contributed by atoms with Crippen molar-refractivity contribution in [3.63, 3.8) is 0 Å². The second-order valence-electron chi connectivity index (χ2n) is 6.51. The maximum absolute atomic E-state index is 12.3. The molecule has 0 aliphatic heterocycles. The molecule has 6 heteroatoms. The first kappa shape index (κ1) is 18.1. The van der Waals surface area contributed by atoms with Crippen LogP contribution >= 0.6 is 0 Å². The Morgan fingerprint density at radius 1 is 1.29 bits per heavy atom. The largest absolute Gasteiger partial charge is 0.493 e. The zero-order chi connectivity index (χ0) is 17.5. The molecule has 132 valence electrons. The van der Waals surface area contributed by atoms with E-state index < -0.39 is 5.91 Å². The predicted molar refractivity (Wildman–Crippen MR) is 92.1 cm³/mol. The van der Waals surface area contributed by atoms with Gasteiger partial charge in [-0.1, -0.05) is 19.8 Å². The summed E-state index contributed by atoms with van der Waals surface area (Å²) in [7, 11) is 1.51. The van der Waals surface area contributed by atoms with Gasteiger partial charge in [-0.3, -0.25) is 9.59 Å². The first-order chi connectivity index (χ1) is 11.5. The average Bonchev–Trinajstić information content (AvgIpc) is 2.53. The van der Waals surface area contributed by atoms with Crippen molar-refractivity contribution in [3.8, 4) is 11.5 Å². The highest BCUT2D eigenvalue weighted by Crippen LogP contribution is 2.32. The number of hydrogen-bond donors (Lipinski definition) is 2. The van der Waals surface area contributed by atoms with Gasteiger partial charge in [0.2, 0.25) is 5.91 Å². The molecule has 2 amide bonds. The summed E-state index contributed by atoms with van der Waals surface area (Å²) in [6.07, 6.45) is 5.23. The van der Waals surface area contributed by atoms with Crippen LogP contribution in [-0.2, 0) is 9.59 Å². The van der Waals surface area contributed by atoms with Gasteiger partial charge in [0.25, 0.3) is 5.91 Å². The Hall–Kier alpha value is -2.24. The highest BCUT2D eigenvalue weighted by molar-refractivity contribution is 5.91. The van der Waals surface area contributed by atoms with E-state index in [1.807, 2.05) is 0 Å². The minimum Gasteiger partial charge on any atom is -0.493 e. The summed E-state index contributed by atoms with van der Waals surface area (Å²) < 4.78 is 10.5. The SMILES string of the molecule is COc1ccc(NC(=O)C[C@H]2CCC[C@H](C)C2)cc1OCC(N)=O. The molecule has 0 bridgehead atoms. The van der Waals surface area contributed by atoms with E-state index in [0.29, 0.717) is 35.4 Å². The molecule has 0 spiro atoms. The molecule has 0 heterocycles. The second kappa shape index (κ2) is 8.57. The number of anilines is 1. The molecule has 0 radical (unpaired) electrons. The van der Waals surface area contributed by atoms with Crippen molar-refractivity contribution < 1.29 is 19.1 Å². The van der Waals surface area contributed by atoms with E-state index in [-0.39, 0.29) is 12.5 Å². The van der Waals surface area contributed by atoms with Crippen LogP contribution in [0, 0.1) is 11.8 Å². The van der Waals surface area contributed by atoms with Crippen LogP contribution in [0.25, 0.3) is 0 Å². The number of nitrogens with one attached hydrogen (secondary N) is 1. The first-order valence-electron chi connectivity index (χ1n) is 8.37. The summed E-state index contributed by atoms with van der Waals surface area (Å²) >= 11 is 0. The molecule has 3 N–H and O–H groups in total. The fourth-order valence-corrected chi connectivity index (χ4v) is 3.24. The number of carbonyl (C=O) groups is 2. The Morgan fingerprint density at radius 3 is 2.75 bits per heavy atom.